The van der Waals surface area contributed by atoms with Crippen LogP contribution in [0.4, 0.5) is 0 Å². The molecular weight excluding hydrogens is 242 g/mol. The Morgan fingerprint density at radius 1 is 1.37 bits per heavy atom. The van der Waals surface area contributed by atoms with Crippen LogP contribution in [0.15, 0.2) is 24.3 Å². The molecule has 1 rings (SSSR count). The van der Waals surface area contributed by atoms with E-state index in [4.69, 9.17) is 9.84 Å². The highest BCUT2D eigenvalue weighted by Gasteiger charge is 2.14. The first-order valence-corrected chi connectivity index (χ1v) is 6.64. The number of carbonyl (C=O) groups is 1. The van der Waals surface area contributed by atoms with Crippen LogP contribution in [-0.4, -0.2) is 30.8 Å². The Morgan fingerprint density at radius 3 is 2.47 bits per heavy atom. The van der Waals surface area contributed by atoms with Crippen molar-refractivity contribution in [2.75, 3.05) is 13.7 Å². The maximum atomic E-state index is 11.8. The number of amides is 1. The summed E-state index contributed by atoms with van der Waals surface area (Å²) >= 11 is 0. The fraction of sp³-hybridized carbons (Fsp3) is 0.533. The van der Waals surface area contributed by atoms with Gasteiger partial charge in [-0.15, -0.1) is 0 Å². The van der Waals surface area contributed by atoms with E-state index in [2.05, 4.69) is 5.32 Å². The van der Waals surface area contributed by atoms with E-state index in [0.29, 0.717) is 6.42 Å². The summed E-state index contributed by atoms with van der Waals surface area (Å²) in [4.78, 5) is 11.8. The monoisotopic (exact) mass is 265 g/mol. The number of aliphatic hydroxyl groups excluding tert-OH is 1. The van der Waals surface area contributed by atoms with Gasteiger partial charge in [-0.3, -0.25) is 4.79 Å². The Kier molecular flexibility index (Phi) is 6.36. The number of hydrogen-bond donors (Lipinski definition) is 2. The van der Waals surface area contributed by atoms with E-state index in [0.717, 1.165) is 17.7 Å². The second-order valence-electron chi connectivity index (χ2n) is 4.73. The smallest absolute Gasteiger partial charge is 0.220 e. The third-order valence-electron chi connectivity index (χ3n) is 3.25. The molecule has 0 aliphatic rings. The van der Waals surface area contributed by atoms with Crippen molar-refractivity contribution in [3.63, 3.8) is 0 Å². The lowest BCUT2D eigenvalue weighted by molar-refractivity contribution is -0.122. The summed E-state index contributed by atoms with van der Waals surface area (Å²) in [6.45, 7) is 3.94. The largest absolute Gasteiger partial charge is 0.497 e. The van der Waals surface area contributed by atoms with Gasteiger partial charge >= 0.3 is 0 Å². The minimum Gasteiger partial charge on any atom is -0.497 e. The van der Waals surface area contributed by atoms with Gasteiger partial charge in [-0.2, -0.15) is 0 Å². The minimum absolute atomic E-state index is 0.0147. The van der Waals surface area contributed by atoms with E-state index < -0.39 is 0 Å². The molecule has 0 bridgehead atoms. The van der Waals surface area contributed by atoms with Gasteiger partial charge in [0.2, 0.25) is 5.91 Å². The second kappa shape index (κ2) is 7.79. The van der Waals surface area contributed by atoms with Crippen molar-refractivity contribution in [2.24, 2.45) is 0 Å². The summed E-state index contributed by atoms with van der Waals surface area (Å²) in [6, 6.07) is 7.59. The lowest BCUT2D eigenvalue weighted by Gasteiger charge is -2.17. The van der Waals surface area contributed by atoms with Crippen LogP contribution in [0.25, 0.3) is 0 Å². The molecule has 0 radical (unpaired) electrons. The fourth-order valence-corrected chi connectivity index (χ4v) is 1.89. The predicted molar refractivity (Wildman–Crippen MR) is 75.3 cm³/mol. The zero-order valence-electron chi connectivity index (χ0n) is 11.8. The Hall–Kier alpha value is -1.55. The van der Waals surface area contributed by atoms with Crippen molar-refractivity contribution in [3.8, 4) is 5.75 Å². The standard InChI is InChI=1S/C15H23NO3/c1-4-13(10-17)16-15(18)9-11(2)12-5-7-14(19-3)8-6-12/h5-8,11,13,17H,4,9-10H2,1-3H3,(H,16,18). The summed E-state index contributed by atoms with van der Waals surface area (Å²) < 4.78 is 5.10. The lowest BCUT2D eigenvalue weighted by atomic mass is 9.97. The zero-order valence-corrected chi connectivity index (χ0v) is 11.8. The average molecular weight is 265 g/mol. The molecule has 1 amide bonds. The summed E-state index contributed by atoms with van der Waals surface area (Å²) in [5.74, 6) is 0.929. The second-order valence-corrected chi connectivity index (χ2v) is 4.73. The van der Waals surface area contributed by atoms with Crippen molar-refractivity contribution in [1.29, 1.82) is 0 Å². The quantitative estimate of drug-likeness (QED) is 0.793. The van der Waals surface area contributed by atoms with Gasteiger partial charge in [0.15, 0.2) is 0 Å². The molecule has 0 heterocycles. The van der Waals surface area contributed by atoms with Crippen LogP contribution in [0.5, 0.6) is 5.75 Å². The van der Waals surface area contributed by atoms with Crippen LogP contribution < -0.4 is 10.1 Å². The first-order chi connectivity index (χ1) is 9.10. The number of rotatable bonds is 7. The van der Waals surface area contributed by atoms with Gasteiger partial charge in [-0.05, 0) is 30.0 Å². The molecule has 1 aromatic carbocycles. The van der Waals surface area contributed by atoms with Crippen molar-refractivity contribution in [2.45, 2.75) is 38.6 Å². The molecule has 4 nitrogen and oxygen atoms in total. The number of benzene rings is 1. The number of hydrogen-bond acceptors (Lipinski definition) is 3. The Labute approximate surface area is 114 Å². The van der Waals surface area contributed by atoms with Crippen LogP contribution in [-0.2, 0) is 4.79 Å². The van der Waals surface area contributed by atoms with E-state index in [1.54, 1.807) is 7.11 Å². The van der Waals surface area contributed by atoms with Gasteiger partial charge in [-0.1, -0.05) is 26.0 Å². The molecule has 0 saturated heterocycles. The van der Waals surface area contributed by atoms with Crippen LogP contribution >= 0.6 is 0 Å². The highest BCUT2D eigenvalue weighted by molar-refractivity contribution is 5.77. The Bertz CT molecular complexity index is 385. The summed E-state index contributed by atoms with van der Waals surface area (Å²) in [7, 11) is 1.63. The summed E-state index contributed by atoms with van der Waals surface area (Å²) in [5, 5.41) is 11.9. The van der Waals surface area contributed by atoms with Crippen molar-refractivity contribution in [1.82, 2.24) is 5.32 Å². The summed E-state index contributed by atoms with van der Waals surface area (Å²) in [6.07, 6.45) is 1.15. The third kappa shape index (κ3) is 4.91. The molecule has 2 N–H and O–H groups in total. The SMILES string of the molecule is CCC(CO)NC(=O)CC(C)c1ccc(OC)cc1. The molecule has 0 aliphatic heterocycles. The fourth-order valence-electron chi connectivity index (χ4n) is 1.89. The lowest BCUT2D eigenvalue weighted by Crippen LogP contribution is -2.37. The van der Waals surface area contributed by atoms with Gasteiger partial charge in [-0.25, -0.2) is 0 Å². The maximum absolute atomic E-state index is 11.8. The molecule has 2 unspecified atom stereocenters. The number of carbonyl (C=O) groups excluding carboxylic acids is 1. The van der Waals surface area contributed by atoms with Crippen LogP contribution in [0, 0.1) is 0 Å². The average Bonchev–Trinajstić information content (AvgIpc) is 2.44. The number of methoxy groups -OCH3 is 1. The molecule has 19 heavy (non-hydrogen) atoms. The van der Waals surface area contributed by atoms with Crippen LogP contribution in [0.2, 0.25) is 0 Å². The Balaban J connectivity index is 2.53. The van der Waals surface area contributed by atoms with E-state index in [-0.39, 0.29) is 24.5 Å². The molecule has 0 saturated carbocycles. The van der Waals surface area contributed by atoms with E-state index >= 15 is 0 Å². The summed E-state index contributed by atoms with van der Waals surface area (Å²) in [5.41, 5.74) is 1.10. The molecule has 0 fully saturated rings. The van der Waals surface area contributed by atoms with Gasteiger partial charge in [0.1, 0.15) is 5.75 Å². The Morgan fingerprint density at radius 2 is 2.00 bits per heavy atom. The molecule has 1 aromatic rings. The molecule has 4 heteroatoms. The zero-order chi connectivity index (χ0) is 14.3. The van der Waals surface area contributed by atoms with Gasteiger partial charge < -0.3 is 15.2 Å². The van der Waals surface area contributed by atoms with Gasteiger partial charge in [0, 0.05) is 6.42 Å². The highest BCUT2D eigenvalue weighted by atomic mass is 16.5. The number of aliphatic hydroxyl groups is 1. The molecule has 106 valence electrons. The normalized spacial score (nSPS) is 13.7. The predicted octanol–water partition coefficient (Wildman–Crippen LogP) is 2.08. The van der Waals surface area contributed by atoms with Gasteiger partial charge in [0.25, 0.3) is 0 Å². The maximum Gasteiger partial charge on any atom is 0.220 e. The van der Waals surface area contributed by atoms with Crippen LogP contribution in [0.3, 0.4) is 0 Å². The highest BCUT2D eigenvalue weighted by Crippen LogP contribution is 2.21. The van der Waals surface area contributed by atoms with Crippen molar-refractivity contribution >= 4 is 5.91 Å². The molecule has 0 spiro atoms. The third-order valence-corrected chi connectivity index (χ3v) is 3.25. The van der Waals surface area contributed by atoms with Crippen LogP contribution in [0.1, 0.15) is 38.2 Å². The van der Waals surface area contributed by atoms with Gasteiger partial charge in [0.05, 0.1) is 19.8 Å². The first kappa shape index (κ1) is 15.5. The van der Waals surface area contributed by atoms with E-state index in [1.165, 1.54) is 0 Å². The minimum atomic E-state index is -0.143. The first-order valence-electron chi connectivity index (χ1n) is 6.64. The molecule has 0 aliphatic carbocycles. The number of ether oxygens (including phenoxy) is 1. The number of nitrogens with one attached hydrogen (secondary N) is 1. The topological polar surface area (TPSA) is 58.6 Å². The molecular formula is C15H23NO3. The van der Waals surface area contributed by atoms with E-state index in [1.807, 2.05) is 38.1 Å². The van der Waals surface area contributed by atoms with Crippen molar-refractivity contribution in [3.05, 3.63) is 29.8 Å². The van der Waals surface area contributed by atoms with Crippen molar-refractivity contribution < 1.29 is 14.6 Å². The molecule has 0 aromatic heterocycles. The molecule has 2 atom stereocenters. The van der Waals surface area contributed by atoms with E-state index in [9.17, 15) is 4.79 Å².